The minimum atomic E-state index is -0.0129. The van der Waals surface area contributed by atoms with Crippen molar-refractivity contribution in [1.29, 1.82) is 0 Å². The van der Waals surface area contributed by atoms with Gasteiger partial charge in [0.05, 0.1) is 6.04 Å². The van der Waals surface area contributed by atoms with E-state index < -0.39 is 0 Å². The van der Waals surface area contributed by atoms with Gasteiger partial charge in [0.2, 0.25) is 5.91 Å². The lowest BCUT2D eigenvalue weighted by atomic mass is 9.80. The van der Waals surface area contributed by atoms with E-state index in [0.717, 1.165) is 32.4 Å². The third-order valence-electron chi connectivity index (χ3n) is 5.60. The maximum atomic E-state index is 12.7. The van der Waals surface area contributed by atoms with Crippen LogP contribution in [0.2, 0.25) is 0 Å². The molecule has 0 spiro atoms. The third kappa shape index (κ3) is 4.14. The Balaban J connectivity index is 1.55. The Bertz CT molecular complexity index is 615. The van der Waals surface area contributed by atoms with Gasteiger partial charge in [0, 0.05) is 32.6 Å². The fourth-order valence-electron chi connectivity index (χ4n) is 3.88. The highest BCUT2D eigenvalue weighted by Crippen LogP contribution is 2.29. The van der Waals surface area contributed by atoms with Gasteiger partial charge >= 0.3 is 6.03 Å². The summed E-state index contributed by atoms with van der Waals surface area (Å²) < 4.78 is 0. The van der Waals surface area contributed by atoms with Crippen LogP contribution in [0.5, 0.6) is 0 Å². The van der Waals surface area contributed by atoms with Gasteiger partial charge < -0.3 is 15.1 Å². The number of likely N-dealkylation sites (tertiary alicyclic amines) is 1. The normalized spacial score (nSPS) is 21.4. The molecular formula is C20H29N3O2. The van der Waals surface area contributed by atoms with Gasteiger partial charge in [-0.3, -0.25) is 4.79 Å². The molecule has 0 aliphatic carbocycles. The van der Waals surface area contributed by atoms with Gasteiger partial charge in [0.25, 0.3) is 0 Å². The maximum absolute atomic E-state index is 12.7. The molecule has 0 unspecified atom stereocenters. The van der Waals surface area contributed by atoms with Crippen molar-refractivity contribution in [2.45, 2.75) is 51.0 Å². The number of carbonyl (C=O) groups excluding carboxylic acids is 2. The lowest BCUT2D eigenvalue weighted by Crippen LogP contribution is -2.50. The highest BCUT2D eigenvalue weighted by atomic mass is 16.2. The third-order valence-corrected chi connectivity index (χ3v) is 5.60. The summed E-state index contributed by atoms with van der Waals surface area (Å²) >= 11 is 0. The molecule has 2 aliphatic rings. The van der Waals surface area contributed by atoms with Crippen LogP contribution in [-0.4, -0.2) is 54.0 Å². The van der Waals surface area contributed by atoms with E-state index in [4.69, 9.17) is 0 Å². The lowest BCUT2D eigenvalue weighted by molar-refractivity contribution is -0.133. The number of amides is 3. The zero-order valence-corrected chi connectivity index (χ0v) is 15.3. The summed E-state index contributed by atoms with van der Waals surface area (Å²) in [6.07, 6.45) is 3.36. The van der Waals surface area contributed by atoms with Crippen molar-refractivity contribution in [3.63, 3.8) is 0 Å². The van der Waals surface area contributed by atoms with Crippen molar-refractivity contribution in [2.24, 2.45) is 0 Å². The summed E-state index contributed by atoms with van der Waals surface area (Å²) in [6.45, 7) is 7.36. The molecule has 3 amide bonds. The molecule has 1 N–H and O–H groups in total. The molecule has 1 aromatic rings. The van der Waals surface area contributed by atoms with Crippen LogP contribution < -0.4 is 5.32 Å². The molecule has 2 saturated heterocycles. The van der Waals surface area contributed by atoms with E-state index in [2.05, 4.69) is 43.4 Å². The number of benzene rings is 1. The van der Waals surface area contributed by atoms with E-state index >= 15 is 0 Å². The number of nitrogens with zero attached hydrogens (tertiary/aromatic N) is 2. The fourth-order valence-corrected chi connectivity index (χ4v) is 3.88. The van der Waals surface area contributed by atoms with Gasteiger partial charge in [-0.2, -0.15) is 0 Å². The Morgan fingerprint density at radius 1 is 1.24 bits per heavy atom. The van der Waals surface area contributed by atoms with Crippen molar-refractivity contribution < 1.29 is 9.59 Å². The topological polar surface area (TPSA) is 52.7 Å². The first kappa shape index (κ1) is 17.8. The van der Waals surface area contributed by atoms with Crippen LogP contribution in [0.15, 0.2) is 30.3 Å². The molecular weight excluding hydrogens is 314 g/mol. The number of hydrogen-bond acceptors (Lipinski definition) is 2. The van der Waals surface area contributed by atoms with Gasteiger partial charge in [-0.05, 0) is 30.2 Å². The molecule has 1 atom stereocenters. The van der Waals surface area contributed by atoms with Gasteiger partial charge in [0.1, 0.15) is 0 Å². The molecule has 5 nitrogen and oxygen atoms in total. The molecule has 5 heteroatoms. The van der Waals surface area contributed by atoms with Crippen LogP contribution in [0, 0.1) is 0 Å². The predicted molar refractivity (Wildman–Crippen MR) is 98.4 cm³/mol. The SMILES string of the molecule is CC(C)(CCC(=O)N1CCC[C@H](N2CCNC2=O)C1)c1ccccc1. The molecule has 0 saturated carbocycles. The molecule has 136 valence electrons. The summed E-state index contributed by atoms with van der Waals surface area (Å²) in [5, 5.41) is 2.86. The number of piperidine rings is 1. The Hall–Kier alpha value is -2.04. The Labute approximate surface area is 150 Å². The second kappa shape index (κ2) is 7.46. The van der Waals surface area contributed by atoms with E-state index in [1.165, 1.54) is 5.56 Å². The average molecular weight is 343 g/mol. The second-order valence-electron chi connectivity index (χ2n) is 7.81. The molecule has 3 rings (SSSR count). The molecule has 2 aliphatic heterocycles. The van der Waals surface area contributed by atoms with Crippen molar-refractivity contribution >= 4 is 11.9 Å². The largest absolute Gasteiger partial charge is 0.341 e. The number of carbonyl (C=O) groups is 2. The van der Waals surface area contributed by atoms with E-state index in [9.17, 15) is 9.59 Å². The molecule has 2 heterocycles. The average Bonchev–Trinajstić information content (AvgIpc) is 3.06. The standard InChI is InChI=1S/C20H29N3O2/c1-20(2,16-7-4-3-5-8-16)11-10-18(24)22-13-6-9-17(15-22)23-14-12-21-19(23)25/h3-5,7-8,17H,6,9-15H2,1-2H3,(H,21,25)/t17-/m0/s1. The van der Waals surface area contributed by atoms with E-state index in [-0.39, 0.29) is 23.4 Å². The zero-order chi connectivity index (χ0) is 17.9. The first-order valence-corrected chi connectivity index (χ1v) is 9.35. The van der Waals surface area contributed by atoms with Gasteiger partial charge in [0.15, 0.2) is 0 Å². The van der Waals surface area contributed by atoms with Crippen LogP contribution in [-0.2, 0) is 10.2 Å². The van der Waals surface area contributed by atoms with Crippen LogP contribution >= 0.6 is 0 Å². The lowest BCUT2D eigenvalue weighted by Gasteiger charge is -2.37. The number of rotatable bonds is 5. The van der Waals surface area contributed by atoms with Crippen LogP contribution in [0.25, 0.3) is 0 Å². The number of urea groups is 1. The quantitative estimate of drug-likeness (QED) is 0.894. The highest BCUT2D eigenvalue weighted by molar-refractivity contribution is 5.78. The summed E-state index contributed by atoms with van der Waals surface area (Å²) in [6, 6.07) is 10.6. The van der Waals surface area contributed by atoms with Gasteiger partial charge in [-0.25, -0.2) is 4.79 Å². The molecule has 1 aromatic carbocycles. The first-order valence-electron chi connectivity index (χ1n) is 9.35. The molecule has 25 heavy (non-hydrogen) atoms. The minimum absolute atomic E-state index is 0.0129. The van der Waals surface area contributed by atoms with E-state index in [1.54, 1.807) is 0 Å². The first-order chi connectivity index (χ1) is 12.0. The monoisotopic (exact) mass is 343 g/mol. The Morgan fingerprint density at radius 3 is 2.68 bits per heavy atom. The van der Waals surface area contributed by atoms with Crippen molar-refractivity contribution in [3.05, 3.63) is 35.9 Å². The summed E-state index contributed by atoms with van der Waals surface area (Å²) in [5.74, 6) is 0.216. The van der Waals surface area contributed by atoms with E-state index in [0.29, 0.717) is 19.5 Å². The van der Waals surface area contributed by atoms with Crippen molar-refractivity contribution in [1.82, 2.24) is 15.1 Å². The minimum Gasteiger partial charge on any atom is -0.341 e. The van der Waals surface area contributed by atoms with Gasteiger partial charge in [-0.1, -0.05) is 44.2 Å². The molecule has 0 aromatic heterocycles. The van der Waals surface area contributed by atoms with Crippen LogP contribution in [0.3, 0.4) is 0 Å². The smallest absolute Gasteiger partial charge is 0.317 e. The second-order valence-corrected chi connectivity index (χ2v) is 7.81. The number of hydrogen-bond donors (Lipinski definition) is 1. The van der Waals surface area contributed by atoms with Crippen LogP contribution in [0.4, 0.5) is 4.79 Å². The highest BCUT2D eigenvalue weighted by Gasteiger charge is 2.33. The Kier molecular flexibility index (Phi) is 5.30. The van der Waals surface area contributed by atoms with Crippen LogP contribution in [0.1, 0.15) is 45.1 Å². The summed E-state index contributed by atoms with van der Waals surface area (Å²) in [7, 11) is 0. The van der Waals surface area contributed by atoms with E-state index in [1.807, 2.05) is 15.9 Å². The predicted octanol–water partition coefficient (Wildman–Crippen LogP) is 2.76. The molecule has 0 radical (unpaired) electrons. The fraction of sp³-hybridized carbons (Fsp3) is 0.600. The Morgan fingerprint density at radius 2 is 2.00 bits per heavy atom. The summed E-state index contributed by atoms with van der Waals surface area (Å²) in [5.41, 5.74) is 1.26. The molecule has 2 fully saturated rings. The van der Waals surface area contributed by atoms with Gasteiger partial charge in [-0.15, -0.1) is 0 Å². The molecule has 0 bridgehead atoms. The maximum Gasteiger partial charge on any atom is 0.317 e. The summed E-state index contributed by atoms with van der Waals surface area (Å²) in [4.78, 5) is 28.5. The van der Waals surface area contributed by atoms with Crippen molar-refractivity contribution in [3.8, 4) is 0 Å². The van der Waals surface area contributed by atoms with Crippen molar-refractivity contribution in [2.75, 3.05) is 26.2 Å². The number of nitrogens with one attached hydrogen (secondary N) is 1. The zero-order valence-electron chi connectivity index (χ0n) is 15.3.